The zero-order valence-corrected chi connectivity index (χ0v) is 14.7. The number of amides is 2. The molecule has 0 bridgehead atoms. The van der Waals surface area contributed by atoms with Crippen molar-refractivity contribution in [3.63, 3.8) is 0 Å². The van der Waals surface area contributed by atoms with Crippen molar-refractivity contribution >= 4 is 52.3 Å². The Morgan fingerprint density at radius 3 is 2.43 bits per heavy atom. The Labute approximate surface area is 150 Å². The smallest absolute Gasteiger partial charge is 0.258 e. The van der Waals surface area contributed by atoms with Crippen LogP contribution in [-0.2, 0) is 4.79 Å². The zero-order chi connectivity index (χ0) is 16.8. The SMILES string of the molecule is O=C(NC(=S)NNC(=O)C1CCCCC1)c1ccc(Cl)cc1Cl. The lowest BCUT2D eigenvalue weighted by molar-refractivity contribution is -0.126. The summed E-state index contributed by atoms with van der Waals surface area (Å²) in [6.07, 6.45) is 5.07. The average molecular weight is 374 g/mol. The standard InChI is InChI=1S/C15H17Cl2N3O2S/c16-10-6-7-11(12(17)8-10)14(22)18-15(23)20-19-13(21)9-4-2-1-3-5-9/h6-9H,1-5H2,(H,19,21)(H2,18,20,22,23). The Morgan fingerprint density at radius 1 is 1.09 bits per heavy atom. The van der Waals surface area contributed by atoms with Crippen molar-refractivity contribution in [3.8, 4) is 0 Å². The van der Waals surface area contributed by atoms with E-state index in [9.17, 15) is 9.59 Å². The van der Waals surface area contributed by atoms with Gasteiger partial charge in [0.15, 0.2) is 5.11 Å². The van der Waals surface area contributed by atoms with E-state index in [1.54, 1.807) is 6.07 Å². The summed E-state index contributed by atoms with van der Waals surface area (Å²) in [7, 11) is 0. The second-order valence-corrected chi connectivity index (χ2v) is 6.61. The van der Waals surface area contributed by atoms with Crippen LogP contribution in [0.2, 0.25) is 10.0 Å². The van der Waals surface area contributed by atoms with Crippen LogP contribution in [0.4, 0.5) is 0 Å². The predicted molar refractivity (Wildman–Crippen MR) is 94.4 cm³/mol. The van der Waals surface area contributed by atoms with Crippen molar-refractivity contribution in [1.82, 2.24) is 16.2 Å². The molecule has 0 aliphatic heterocycles. The van der Waals surface area contributed by atoms with Crippen LogP contribution in [0.5, 0.6) is 0 Å². The fraction of sp³-hybridized carbons (Fsp3) is 0.400. The van der Waals surface area contributed by atoms with E-state index in [1.165, 1.54) is 18.6 Å². The van der Waals surface area contributed by atoms with Gasteiger partial charge in [-0.05, 0) is 43.3 Å². The molecule has 0 atom stereocenters. The largest absolute Gasteiger partial charge is 0.298 e. The second kappa shape index (κ2) is 8.47. The lowest BCUT2D eigenvalue weighted by atomic mass is 9.89. The number of carbonyl (C=O) groups excluding carboxylic acids is 2. The molecular weight excluding hydrogens is 357 g/mol. The first-order valence-corrected chi connectivity index (χ1v) is 8.50. The normalized spacial score (nSPS) is 14.9. The number of halogens is 2. The van der Waals surface area contributed by atoms with Gasteiger partial charge in [0.2, 0.25) is 5.91 Å². The third kappa shape index (κ3) is 5.34. The first-order chi connectivity index (χ1) is 11.0. The van der Waals surface area contributed by atoms with E-state index in [0.717, 1.165) is 25.7 Å². The predicted octanol–water partition coefficient (Wildman–Crippen LogP) is 3.21. The number of hydrogen-bond acceptors (Lipinski definition) is 3. The van der Waals surface area contributed by atoms with E-state index in [2.05, 4.69) is 16.2 Å². The lowest BCUT2D eigenvalue weighted by Crippen LogP contribution is -2.50. The summed E-state index contributed by atoms with van der Waals surface area (Å²) in [5, 5.41) is 3.12. The van der Waals surface area contributed by atoms with Gasteiger partial charge in [0.25, 0.3) is 5.91 Å². The quantitative estimate of drug-likeness (QED) is 0.549. The number of hydrogen-bond donors (Lipinski definition) is 3. The number of rotatable bonds is 2. The molecule has 0 spiro atoms. The first-order valence-electron chi connectivity index (χ1n) is 7.33. The molecule has 1 fully saturated rings. The summed E-state index contributed by atoms with van der Waals surface area (Å²) in [4.78, 5) is 24.0. The molecule has 23 heavy (non-hydrogen) atoms. The van der Waals surface area contributed by atoms with Crippen molar-refractivity contribution in [3.05, 3.63) is 33.8 Å². The van der Waals surface area contributed by atoms with Crippen molar-refractivity contribution < 1.29 is 9.59 Å². The van der Waals surface area contributed by atoms with E-state index in [1.807, 2.05) is 0 Å². The highest BCUT2D eigenvalue weighted by Crippen LogP contribution is 2.23. The minimum Gasteiger partial charge on any atom is -0.298 e. The monoisotopic (exact) mass is 373 g/mol. The third-order valence-electron chi connectivity index (χ3n) is 3.68. The fourth-order valence-corrected chi connectivity index (χ4v) is 3.10. The van der Waals surface area contributed by atoms with Gasteiger partial charge in [-0.2, -0.15) is 0 Å². The molecule has 2 rings (SSSR count). The molecule has 8 heteroatoms. The molecule has 5 nitrogen and oxygen atoms in total. The number of carbonyl (C=O) groups is 2. The van der Waals surface area contributed by atoms with Gasteiger partial charge in [0, 0.05) is 10.9 Å². The molecule has 124 valence electrons. The summed E-state index contributed by atoms with van der Waals surface area (Å²) >= 11 is 16.7. The lowest BCUT2D eigenvalue weighted by Gasteiger charge is -2.21. The van der Waals surface area contributed by atoms with Gasteiger partial charge in [-0.25, -0.2) is 0 Å². The Morgan fingerprint density at radius 2 is 1.78 bits per heavy atom. The molecule has 3 N–H and O–H groups in total. The molecule has 1 aliphatic carbocycles. The number of benzene rings is 1. The fourth-order valence-electron chi connectivity index (χ4n) is 2.46. The second-order valence-electron chi connectivity index (χ2n) is 5.36. The maximum absolute atomic E-state index is 12.1. The van der Waals surface area contributed by atoms with Gasteiger partial charge in [-0.3, -0.25) is 25.8 Å². The van der Waals surface area contributed by atoms with Crippen molar-refractivity contribution in [2.75, 3.05) is 0 Å². The summed E-state index contributed by atoms with van der Waals surface area (Å²) < 4.78 is 0. The molecule has 0 aromatic heterocycles. The summed E-state index contributed by atoms with van der Waals surface area (Å²) in [5.74, 6) is -0.581. The molecule has 2 amide bonds. The molecular formula is C15H17Cl2N3O2S. The Balaban J connectivity index is 1.82. The molecule has 1 saturated carbocycles. The van der Waals surface area contributed by atoms with Crippen molar-refractivity contribution in [2.24, 2.45) is 5.92 Å². The van der Waals surface area contributed by atoms with Crippen LogP contribution in [-0.4, -0.2) is 16.9 Å². The minimum atomic E-state index is -0.476. The van der Waals surface area contributed by atoms with Crippen LogP contribution < -0.4 is 16.2 Å². The van der Waals surface area contributed by atoms with Crippen LogP contribution in [0.1, 0.15) is 42.5 Å². The van der Waals surface area contributed by atoms with Gasteiger partial charge in [0.05, 0.1) is 10.6 Å². The molecule has 0 unspecified atom stereocenters. The van der Waals surface area contributed by atoms with Gasteiger partial charge in [-0.15, -0.1) is 0 Å². The van der Waals surface area contributed by atoms with E-state index in [-0.39, 0.29) is 27.5 Å². The van der Waals surface area contributed by atoms with E-state index >= 15 is 0 Å². The third-order valence-corrected chi connectivity index (χ3v) is 4.43. The molecule has 0 saturated heterocycles. The van der Waals surface area contributed by atoms with Gasteiger partial charge < -0.3 is 0 Å². The molecule has 1 aromatic rings. The Bertz CT molecular complexity index is 619. The maximum Gasteiger partial charge on any atom is 0.258 e. The molecule has 1 aliphatic rings. The van der Waals surface area contributed by atoms with Crippen molar-refractivity contribution in [1.29, 1.82) is 0 Å². The highest BCUT2D eigenvalue weighted by atomic mass is 35.5. The zero-order valence-electron chi connectivity index (χ0n) is 12.3. The van der Waals surface area contributed by atoms with Crippen LogP contribution in [0.15, 0.2) is 18.2 Å². The average Bonchev–Trinajstić information content (AvgIpc) is 2.53. The van der Waals surface area contributed by atoms with Gasteiger partial charge >= 0.3 is 0 Å². The van der Waals surface area contributed by atoms with Crippen LogP contribution in [0, 0.1) is 5.92 Å². The van der Waals surface area contributed by atoms with Crippen molar-refractivity contribution in [2.45, 2.75) is 32.1 Å². The maximum atomic E-state index is 12.1. The first kappa shape index (κ1) is 18.0. The minimum absolute atomic E-state index is 0.000427. The van der Waals surface area contributed by atoms with Gasteiger partial charge in [0.1, 0.15) is 0 Å². The van der Waals surface area contributed by atoms with E-state index < -0.39 is 5.91 Å². The Hall–Kier alpha value is -1.37. The van der Waals surface area contributed by atoms with Crippen LogP contribution in [0.25, 0.3) is 0 Å². The van der Waals surface area contributed by atoms with Crippen LogP contribution in [0.3, 0.4) is 0 Å². The highest BCUT2D eigenvalue weighted by molar-refractivity contribution is 7.80. The number of nitrogens with one attached hydrogen (secondary N) is 3. The van der Waals surface area contributed by atoms with Gasteiger partial charge in [-0.1, -0.05) is 42.5 Å². The highest BCUT2D eigenvalue weighted by Gasteiger charge is 2.21. The number of thiocarbonyl (C=S) groups is 1. The summed E-state index contributed by atoms with van der Waals surface area (Å²) in [6, 6.07) is 4.53. The molecule has 1 aromatic carbocycles. The number of hydrazine groups is 1. The summed E-state index contributed by atoms with van der Waals surface area (Å²) in [5.41, 5.74) is 5.32. The van der Waals surface area contributed by atoms with E-state index in [4.69, 9.17) is 35.4 Å². The Kier molecular flexibility index (Phi) is 6.62. The topological polar surface area (TPSA) is 70.2 Å². The van der Waals surface area contributed by atoms with Crippen LogP contribution >= 0.6 is 35.4 Å². The van der Waals surface area contributed by atoms with E-state index in [0.29, 0.717) is 5.02 Å². The molecule has 0 heterocycles. The molecule has 0 radical (unpaired) electrons. The summed E-state index contributed by atoms with van der Waals surface area (Å²) in [6.45, 7) is 0.